The van der Waals surface area contributed by atoms with Crippen LogP contribution >= 0.6 is 0 Å². The number of amides is 1. The Bertz CT molecular complexity index is 922. The summed E-state index contributed by atoms with van der Waals surface area (Å²) in [4.78, 5) is 18.0. The van der Waals surface area contributed by atoms with Crippen molar-refractivity contribution in [1.29, 1.82) is 0 Å². The summed E-state index contributed by atoms with van der Waals surface area (Å²) in [6, 6.07) is 11.4. The monoisotopic (exact) mass is 368 g/mol. The van der Waals surface area contributed by atoms with Gasteiger partial charge in [0.2, 0.25) is 11.7 Å². The van der Waals surface area contributed by atoms with Crippen molar-refractivity contribution in [2.75, 3.05) is 7.05 Å². The molecule has 0 saturated heterocycles. The number of hydrogen-bond acceptors (Lipinski definition) is 6. The van der Waals surface area contributed by atoms with Gasteiger partial charge in [0.1, 0.15) is 5.76 Å². The lowest BCUT2D eigenvalue weighted by atomic mass is 9.90. The van der Waals surface area contributed by atoms with Crippen LogP contribution < -0.4 is 5.73 Å². The molecule has 0 unspecified atom stereocenters. The number of carbonyl (C=O) groups excluding carboxylic acids is 1. The highest BCUT2D eigenvalue weighted by atomic mass is 16.5. The van der Waals surface area contributed by atoms with Gasteiger partial charge in [-0.1, -0.05) is 56.3 Å². The molecule has 7 nitrogen and oxygen atoms in total. The fourth-order valence-electron chi connectivity index (χ4n) is 2.90. The third-order valence-corrected chi connectivity index (χ3v) is 4.08. The molecule has 2 heterocycles. The lowest BCUT2D eigenvalue weighted by molar-refractivity contribution is 0.0970. The van der Waals surface area contributed by atoms with Crippen molar-refractivity contribution in [3.8, 4) is 11.4 Å². The van der Waals surface area contributed by atoms with Gasteiger partial charge in [-0.2, -0.15) is 4.98 Å². The number of nitrogens with two attached hydrogens (primary N) is 1. The minimum absolute atomic E-state index is 0.174. The van der Waals surface area contributed by atoms with E-state index in [2.05, 4.69) is 10.1 Å². The van der Waals surface area contributed by atoms with E-state index in [1.54, 1.807) is 6.07 Å². The average Bonchev–Trinajstić information content (AvgIpc) is 3.22. The average molecular weight is 368 g/mol. The van der Waals surface area contributed by atoms with Crippen LogP contribution in [0.4, 0.5) is 0 Å². The summed E-state index contributed by atoms with van der Waals surface area (Å²) < 4.78 is 11.1. The molecule has 7 heteroatoms. The van der Waals surface area contributed by atoms with Crippen molar-refractivity contribution in [1.82, 2.24) is 15.0 Å². The van der Waals surface area contributed by atoms with E-state index < -0.39 is 5.91 Å². The van der Waals surface area contributed by atoms with Crippen molar-refractivity contribution in [2.24, 2.45) is 5.73 Å². The van der Waals surface area contributed by atoms with E-state index in [1.807, 2.05) is 63.1 Å². The van der Waals surface area contributed by atoms with Crippen molar-refractivity contribution >= 4 is 5.91 Å². The molecule has 0 atom stereocenters. The zero-order valence-electron chi connectivity index (χ0n) is 16.0. The summed E-state index contributed by atoms with van der Waals surface area (Å²) in [6.07, 6.45) is 0. The molecule has 1 amide bonds. The third-order valence-electron chi connectivity index (χ3n) is 4.08. The summed E-state index contributed by atoms with van der Waals surface area (Å²) in [7, 11) is 1.94. The Morgan fingerprint density at radius 1 is 1.19 bits per heavy atom. The summed E-state index contributed by atoms with van der Waals surface area (Å²) in [6.45, 7) is 7.13. The maximum Gasteiger partial charge on any atom is 0.284 e. The summed E-state index contributed by atoms with van der Waals surface area (Å²) in [5, 5.41) is 4.04. The predicted octanol–water partition coefficient (Wildman–Crippen LogP) is 3.36. The van der Waals surface area contributed by atoms with Crippen molar-refractivity contribution in [3.63, 3.8) is 0 Å². The summed E-state index contributed by atoms with van der Waals surface area (Å²) in [5.74, 6) is 1.44. The molecule has 3 aromatic rings. The SMILES string of the molecule is CN(Cc1nc(-c2ccccc2)no1)Cc1cc(C(N)=O)oc1C(C)(C)C. The molecule has 2 aromatic heterocycles. The number of benzene rings is 1. The van der Waals surface area contributed by atoms with E-state index in [4.69, 9.17) is 14.7 Å². The number of rotatable bonds is 6. The molecule has 27 heavy (non-hydrogen) atoms. The molecule has 0 saturated carbocycles. The number of primary amides is 1. The van der Waals surface area contributed by atoms with Gasteiger partial charge in [-0.25, -0.2) is 0 Å². The molecule has 0 aliphatic rings. The highest BCUT2D eigenvalue weighted by molar-refractivity contribution is 5.90. The minimum Gasteiger partial charge on any atom is -0.455 e. The van der Waals surface area contributed by atoms with Crippen LogP contribution in [0.5, 0.6) is 0 Å². The van der Waals surface area contributed by atoms with Crippen molar-refractivity contribution in [2.45, 2.75) is 39.3 Å². The fourth-order valence-corrected chi connectivity index (χ4v) is 2.90. The van der Waals surface area contributed by atoms with E-state index in [0.29, 0.717) is 24.8 Å². The van der Waals surface area contributed by atoms with Crippen LogP contribution in [-0.2, 0) is 18.5 Å². The van der Waals surface area contributed by atoms with E-state index in [1.165, 1.54) is 0 Å². The van der Waals surface area contributed by atoms with Crippen LogP contribution in [0.15, 0.2) is 45.3 Å². The predicted molar refractivity (Wildman–Crippen MR) is 101 cm³/mol. The van der Waals surface area contributed by atoms with Crippen LogP contribution in [0, 0.1) is 0 Å². The van der Waals surface area contributed by atoms with Crippen LogP contribution in [0.3, 0.4) is 0 Å². The highest BCUT2D eigenvalue weighted by Crippen LogP contribution is 2.30. The first kappa shape index (κ1) is 18.8. The Hall–Kier alpha value is -2.93. The zero-order valence-corrected chi connectivity index (χ0v) is 16.0. The Morgan fingerprint density at radius 2 is 1.89 bits per heavy atom. The molecule has 0 aliphatic heterocycles. The number of nitrogens with zero attached hydrogens (tertiary/aromatic N) is 3. The molecular weight excluding hydrogens is 344 g/mol. The highest BCUT2D eigenvalue weighted by Gasteiger charge is 2.26. The Kier molecular flexibility index (Phi) is 5.14. The van der Waals surface area contributed by atoms with Gasteiger partial charge in [0.15, 0.2) is 5.76 Å². The first-order valence-electron chi connectivity index (χ1n) is 8.73. The first-order valence-corrected chi connectivity index (χ1v) is 8.73. The van der Waals surface area contributed by atoms with E-state index >= 15 is 0 Å². The van der Waals surface area contributed by atoms with E-state index in [-0.39, 0.29) is 11.2 Å². The smallest absolute Gasteiger partial charge is 0.284 e. The number of furan rings is 1. The van der Waals surface area contributed by atoms with Crippen LogP contribution in [-0.4, -0.2) is 28.0 Å². The maximum atomic E-state index is 11.5. The van der Waals surface area contributed by atoms with Gasteiger partial charge in [-0.05, 0) is 13.1 Å². The van der Waals surface area contributed by atoms with Crippen LogP contribution in [0.25, 0.3) is 11.4 Å². The maximum absolute atomic E-state index is 11.5. The lowest BCUT2D eigenvalue weighted by Crippen LogP contribution is -2.20. The quantitative estimate of drug-likeness (QED) is 0.716. The molecule has 1 aromatic carbocycles. The van der Waals surface area contributed by atoms with Crippen molar-refractivity contribution in [3.05, 3.63) is 59.4 Å². The largest absolute Gasteiger partial charge is 0.455 e. The first-order chi connectivity index (χ1) is 12.7. The Balaban J connectivity index is 1.74. The third kappa shape index (κ3) is 4.43. The molecule has 3 rings (SSSR count). The molecule has 0 aliphatic carbocycles. The summed E-state index contributed by atoms with van der Waals surface area (Å²) in [5.41, 5.74) is 6.96. The Morgan fingerprint density at radius 3 is 2.52 bits per heavy atom. The van der Waals surface area contributed by atoms with Crippen molar-refractivity contribution < 1.29 is 13.7 Å². The molecule has 0 radical (unpaired) electrons. The zero-order chi connectivity index (χ0) is 19.6. The second-order valence-corrected chi connectivity index (χ2v) is 7.63. The second-order valence-electron chi connectivity index (χ2n) is 7.63. The van der Waals surface area contributed by atoms with Gasteiger partial charge in [0.25, 0.3) is 5.91 Å². The van der Waals surface area contributed by atoms with Gasteiger partial charge in [0.05, 0.1) is 6.54 Å². The normalized spacial score (nSPS) is 11.9. The van der Waals surface area contributed by atoms with Crippen LogP contribution in [0.1, 0.15) is 48.5 Å². The van der Waals surface area contributed by atoms with Gasteiger partial charge >= 0.3 is 0 Å². The number of hydrogen-bond donors (Lipinski definition) is 1. The van der Waals surface area contributed by atoms with Gasteiger partial charge in [-0.15, -0.1) is 0 Å². The van der Waals surface area contributed by atoms with Crippen LogP contribution in [0.2, 0.25) is 0 Å². The molecule has 0 fully saturated rings. The van der Waals surface area contributed by atoms with Gasteiger partial charge in [-0.3, -0.25) is 9.69 Å². The van der Waals surface area contributed by atoms with Gasteiger partial charge < -0.3 is 14.7 Å². The standard InChI is InChI=1S/C20H24N4O3/c1-20(2,3)17-14(10-15(26-17)18(21)25)11-24(4)12-16-22-19(23-27-16)13-8-6-5-7-9-13/h5-10H,11-12H2,1-4H3,(H2,21,25). The fraction of sp³-hybridized carbons (Fsp3) is 0.350. The lowest BCUT2D eigenvalue weighted by Gasteiger charge is -2.20. The molecular formula is C20H24N4O3. The molecule has 2 N–H and O–H groups in total. The molecule has 0 spiro atoms. The summed E-state index contributed by atoms with van der Waals surface area (Å²) >= 11 is 0. The number of aromatic nitrogens is 2. The number of carbonyl (C=O) groups is 1. The molecule has 0 bridgehead atoms. The molecule has 142 valence electrons. The van der Waals surface area contributed by atoms with E-state index in [0.717, 1.165) is 16.9 Å². The van der Waals surface area contributed by atoms with Gasteiger partial charge in [0, 0.05) is 23.1 Å². The Labute approximate surface area is 158 Å². The van der Waals surface area contributed by atoms with E-state index in [9.17, 15) is 4.79 Å². The second kappa shape index (κ2) is 7.36. The topological polar surface area (TPSA) is 98.4 Å². The minimum atomic E-state index is -0.571.